The Morgan fingerprint density at radius 2 is 2.10 bits per heavy atom. The quantitative estimate of drug-likeness (QED) is 0.584. The summed E-state index contributed by atoms with van der Waals surface area (Å²) in [6.07, 6.45) is 5.84. The number of hydrogen-bond acceptors (Lipinski definition) is 2. The number of aromatic amines is 1. The lowest BCUT2D eigenvalue weighted by Gasteiger charge is -2.07. The molecule has 2 rings (SSSR count). The molecule has 0 saturated heterocycles. The van der Waals surface area contributed by atoms with Crippen LogP contribution in [0.5, 0.6) is 0 Å². The van der Waals surface area contributed by atoms with Gasteiger partial charge in [-0.1, -0.05) is 11.6 Å². The van der Waals surface area contributed by atoms with Crippen LogP contribution in [0.25, 0.3) is 6.08 Å². The van der Waals surface area contributed by atoms with Crippen molar-refractivity contribution in [3.8, 4) is 0 Å². The molecule has 0 fully saturated rings. The number of hydrogen-bond donors (Lipinski definition) is 3. The van der Waals surface area contributed by atoms with Crippen LogP contribution in [0, 0.1) is 17.0 Å². The van der Waals surface area contributed by atoms with Gasteiger partial charge in [0.1, 0.15) is 5.82 Å². The molecule has 0 atom stereocenters. The van der Waals surface area contributed by atoms with E-state index in [-0.39, 0.29) is 22.7 Å². The van der Waals surface area contributed by atoms with Gasteiger partial charge in [-0.2, -0.15) is 0 Å². The van der Waals surface area contributed by atoms with E-state index in [9.17, 15) is 8.78 Å². The summed E-state index contributed by atoms with van der Waals surface area (Å²) in [4.78, 5) is 2.85. The molecule has 1 heterocycles. The third-order valence-electron chi connectivity index (χ3n) is 2.88. The average molecular weight is 296 g/mol. The summed E-state index contributed by atoms with van der Waals surface area (Å²) in [6, 6.07) is 2.33. The van der Waals surface area contributed by atoms with Gasteiger partial charge >= 0.3 is 0 Å². The highest BCUT2D eigenvalue weighted by atomic mass is 35.5. The zero-order valence-corrected chi connectivity index (χ0v) is 11.1. The van der Waals surface area contributed by atoms with E-state index in [4.69, 9.17) is 22.7 Å². The number of aromatic nitrogens is 1. The Hall–Kier alpha value is -2.14. The Labute approximate surface area is 119 Å². The van der Waals surface area contributed by atoms with Gasteiger partial charge in [-0.05, 0) is 29.3 Å². The van der Waals surface area contributed by atoms with Crippen molar-refractivity contribution in [2.75, 3.05) is 5.73 Å². The first-order valence-electron chi connectivity index (χ1n) is 5.78. The Morgan fingerprint density at radius 1 is 1.35 bits per heavy atom. The zero-order chi connectivity index (χ0) is 14.7. The minimum Gasteiger partial charge on any atom is -0.396 e. The minimum absolute atomic E-state index is 0.0419. The molecule has 0 bridgehead atoms. The van der Waals surface area contributed by atoms with Crippen LogP contribution in [0.15, 0.2) is 29.6 Å². The van der Waals surface area contributed by atoms with Crippen LogP contribution in [0.4, 0.5) is 14.5 Å². The fraction of sp³-hybridized carbons (Fsp3) is 0.0714. The highest BCUT2D eigenvalue weighted by Crippen LogP contribution is 2.24. The molecule has 0 unspecified atom stereocenters. The van der Waals surface area contributed by atoms with Crippen molar-refractivity contribution in [1.29, 1.82) is 5.41 Å². The second-order valence-electron chi connectivity index (χ2n) is 4.22. The molecule has 2 aromatic rings. The van der Waals surface area contributed by atoms with Crippen LogP contribution in [0.1, 0.15) is 16.7 Å². The number of nitrogens with one attached hydrogen (secondary N) is 2. The number of benzene rings is 1. The van der Waals surface area contributed by atoms with Crippen molar-refractivity contribution in [2.24, 2.45) is 0 Å². The van der Waals surface area contributed by atoms with Crippen LogP contribution in [-0.4, -0.2) is 11.2 Å². The van der Waals surface area contributed by atoms with Gasteiger partial charge in [0, 0.05) is 30.6 Å². The molecule has 104 valence electrons. The topological polar surface area (TPSA) is 65.7 Å². The zero-order valence-electron chi connectivity index (χ0n) is 10.4. The van der Waals surface area contributed by atoms with E-state index in [0.717, 1.165) is 12.3 Å². The fourth-order valence-electron chi connectivity index (χ4n) is 1.85. The van der Waals surface area contributed by atoms with Crippen LogP contribution >= 0.6 is 11.6 Å². The van der Waals surface area contributed by atoms with E-state index in [1.165, 1.54) is 6.07 Å². The largest absolute Gasteiger partial charge is 0.396 e. The van der Waals surface area contributed by atoms with Gasteiger partial charge < -0.3 is 16.1 Å². The predicted molar refractivity (Wildman–Crippen MR) is 77.0 cm³/mol. The Kier molecular flexibility index (Phi) is 4.20. The molecule has 0 aliphatic carbocycles. The lowest BCUT2D eigenvalue weighted by Crippen LogP contribution is -2.01. The SMILES string of the molecule is N=C/C(Cl)=C\c1c[nH]cc1Cc1c(F)ccc(N)c1F. The summed E-state index contributed by atoms with van der Waals surface area (Å²) < 4.78 is 27.6. The maximum absolute atomic E-state index is 13.9. The molecular weight excluding hydrogens is 284 g/mol. The summed E-state index contributed by atoms with van der Waals surface area (Å²) in [5.41, 5.74) is 6.59. The van der Waals surface area contributed by atoms with Crippen molar-refractivity contribution < 1.29 is 8.78 Å². The van der Waals surface area contributed by atoms with Gasteiger partial charge in [0.05, 0.1) is 10.7 Å². The molecule has 1 aromatic carbocycles. The van der Waals surface area contributed by atoms with E-state index in [0.29, 0.717) is 11.1 Å². The Bertz CT molecular complexity index is 677. The summed E-state index contributed by atoms with van der Waals surface area (Å²) in [5, 5.41) is 7.25. The Morgan fingerprint density at radius 3 is 2.80 bits per heavy atom. The minimum atomic E-state index is -0.751. The molecule has 4 N–H and O–H groups in total. The van der Waals surface area contributed by atoms with Crippen LogP contribution < -0.4 is 5.73 Å². The molecule has 0 spiro atoms. The molecule has 0 radical (unpaired) electrons. The lowest BCUT2D eigenvalue weighted by atomic mass is 10.0. The number of rotatable bonds is 4. The Balaban J connectivity index is 2.39. The number of nitrogens with two attached hydrogens (primary N) is 1. The smallest absolute Gasteiger partial charge is 0.152 e. The second kappa shape index (κ2) is 5.88. The number of allylic oxidation sites excluding steroid dienone is 1. The molecule has 3 nitrogen and oxygen atoms in total. The van der Waals surface area contributed by atoms with Gasteiger partial charge in [-0.3, -0.25) is 0 Å². The van der Waals surface area contributed by atoms with Gasteiger partial charge in [-0.25, -0.2) is 8.78 Å². The summed E-state index contributed by atoms with van der Waals surface area (Å²) in [7, 11) is 0. The van der Waals surface area contributed by atoms with Crippen LogP contribution in [0.3, 0.4) is 0 Å². The molecule has 0 aliphatic rings. The van der Waals surface area contributed by atoms with Crippen molar-refractivity contribution >= 4 is 29.6 Å². The molecule has 0 aliphatic heterocycles. The average Bonchev–Trinajstić information content (AvgIpc) is 2.86. The first kappa shape index (κ1) is 14.3. The number of halogens is 3. The summed E-state index contributed by atoms with van der Waals surface area (Å²) >= 11 is 5.76. The number of H-pyrrole nitrogens is 1. The van der Waals surface area contributed by atoms with Crippen molar-refractivity contribution in [3.63, 3.8) is 0 Å². The normalized spacial score (nSPS) is 11.7. The van der Waals surface area contributed by atoms with Crippen molar-refractivity contribution in [1.82, 2.24) is 4.98 Å². The van der Waals surface area contributed by atoms with Gasteiger partial charge in [-0.15, -0.1) is 0 Å². The van der Waals surface area contributed by atoms with E-state index < -0.39 is 11.6 Å². The lowest BCUT2D eigenvalue weighted by molar-refractivity contribution is 0.564. The van der Waals surface area contributed by atoms with Crippen LogP contribution in [-0.2, 0) is 6.42 Å². The molecule has 6 heteroatoms. The van der Waals surface area contributed by atoms with E-state index >= 15 is 0 Å². The van der Waals surface area contributed by atoms with Gasteiger partial charge in [0.25, 0.3) is 0 Å². The maximum Gasteiger partial charge on any atom is 0.152 e. The van der Waals surface area contributed by atoms with Crippen molar-refractivity contribution in [3.05, 3.63) is 57.9 Å². The fourth-order valence-corrected chi connectivity index (χ4v) is 1.97. The predicted octanol–water partition coefficient (Wildman–Crippen LogP) is 3.70. The molecule has 0 amide bonds. The first-order chi connectivity index (χ1) is 9.52. The maximum atomic E-state index is 13.9. The standard InChI is InChI=1S/C14H12ClF2N3/c15-10(5-18)3-8-6-20-7-9(8)4-11-12(16)1-2-13(19)14(11)17/h1-3,5-7,18,20H,4,19H2/b10-3+,18-5?. The van der Waals surface area contributed by atoms with E-state index in [2.05, 4.69) is 4.98 Å². The molecule has 20 heavy (non-hydrogen) atoms. The third kappa shape index (κ3) is 2.88. The summed E-state index contributed by atoms with van der Waals surface area (Å²) in [5.74, 6) is -1.40. The van der Waals surface area contributed by atoms with Crippen LogP contribution in [0.2, 0.25) is 0 Å². The third-order valence-corrected chi connectivity index (χ3v) is 3.10. The van der Waals surface area contributed by atoms with Gasteiger partial charge in [0.2, 0.25) is 0 Å². The van der Waals surface area contributed by atoms with E-state index in [1.807, 2.05) is 0 Å². The first-order valence-corrected chi connectivity index (χ1v) is 6.16. The number of anilines is 1. The van der Waals surface area contributed by atoms with Gasteiger partial charge in [0.15, 0.2) is 5.82 Å². The molecular formula is C14H12ClF2N3. The highest BCUT2D eigenvalue weighted by molar-refractivity contribution is 6.41. The highest BCUT2D eigenvalue weighted by Gasteiger charge is 2.14. The molecule has 1 aromatic heterocycles. The second-order valence-corrected chi connectivity index (χ2v) is 4.65. The molecule has 0 saturated carbocycles. The van der Waals surface area contributed by atoms with Crippen molar-refractivity contribution in [2.45, 2.75) is 6.42 Å². The number of nitrogen functional groups attached to an aromatic ring is 1. The summed E-state index contributed by atoms with van der Waals surface area (Å²) in [6.45, 7) is 0. The monoisotopic (exact) mass is 295 g/mol. The van der Waals surface area contributed by atoms with E-state index in [1.54, 1.807) is 18.5 Å².